The van der Waals surface area contributed by atoms with Crippen LogP contribution in [0.15, 0.2) is 72.9 Å². The number of benzene rings is 2. The fourth-order valence-corrected chi connectivity index (χ4v) is 3.47. The average Bonchev–Trinajstić information content (AvgIpc) is 2.77. The van der Waals surface area contributed by atoms with Gasteiger partial charge in [0.25, 0.3) is 5.91 Å². The van der Waals surface area contributed by atoms with Gasteiger partial charge in [-0.1, -0.05) is 42.5 Å². The number of para-hydroxylation sites is 1. The second-order valence-corrected chi connectivity index (χ2v) is 7.09. The zero-order valence-electron chi connectivity index (χ0n) is 16.1. The maximum Gasteiger partial charge on any atom is 0.255 e. The number of hydrogen-bond acceptors (Lipinski definition) is 4. The summed E-state index contributed by atoms with van der Waals surface area (Å²) in [6.45, 7) is 4.49. The smallest absolute Gasteiger partial charge is 0.255 e. The number of piperazine rings is 1. The van der Waals surface area contributed by atoms with Crippen LogP contribution in [0.3, 0.4) is 0 Å². The Morgan fingerprint density at radius 1 is 0.966 bits per heavy atom. The van der Waals surface area contributed by atoms with Gasteiger partial charge in [-0.3, -0.25) is 9.69 Å². The van der Waals surface area contributed by atoms with E-state index in [1.807, 2.05) is 6.07 Å². The minimum absolute atomic E-state index is 0.172. The lowest BCUT2D eigenvalue weighted by molar-refractivity contribution is 0.102. The number of anilines is 2. The molecule has 0 atom stereocenters. The zero-order valence-corrected chi connectivity index (χ0v) is 16.1. The summed E-state index contributed by atoms with van der Waals surface area (Å²) in [7, 11) is 0. The summed E-state index contributed by atoms with van der Waals surface area (Å²) in [5, 5.41) is 2.62. The Morgan fingerprint density at radius 3 is 2.45 bits per heavy atom. The Hall–Kier alpha value is -3.25. The second kappa shape index (κ2) is 8.84. The molecule has 1 aliphatic heterocycles. The van der Waals surface area contributed by atoms with E-state index in [4.69, 9.17) is 0 Å². The van der Waals surface area contributed by atoms with Crippen LogP contribution in [-0.2, 0) is 6.54 Å². The highest BCUT2D eigenvalue weighted by molar-refractivity contribution is 6.04. The Bertz CT molecular complexity index is 971. The lowest BCUT2D eigenvalue weighted by Crippen LogP contribution is -2.46. The van der Waals surface area contributed by atoms with Crippen LogP contribution < -0.4 is 10.2 Å². The Kier molecular flexibility index (Phi) is 5.81. The Balaban J connectivity index is 1.38. The first-order valence-corrected chi connectivity index (χ1v) is 9.72. The van der Waals surface area contributed by atoms with Gasteiger partial charge in [0.1, 0.15) is 11.6 Å². The third-order valence-electron chi connectivity index (χ3n) is 5.08. The molecule has 1 aliphatic rings. The lowest BCUT2D eigenvalue weighted by Gasteiger charge is -2.35. The molecule has 1 N–H and O–H groups in total. The van der Waals surface area contributed by atoms with Gasteiger partial charge in [0, 0.05) is 44.5 Å². The molecule has 0 saturated carbocycles. The van der Waals surface area contributed by atoms with E-state index in [0.29, 0.717) is 5.56 Å². The second-order valence-electron chi connectivity index (χ2n) is 7.09. The molecular formula is C23H23FN4O. The molecule has 0 aliphatic carbocycles. The van der Waals surface area contributed by atoms with Gasteiger partial charge in [-0.2, -0.15) is 0 Å². The van der Waals surface area contributed by atoms with Gasteiger partial charge in [0.2, 0.25) is 0 Å². The van der Waals surface area contributed by atoms with E-state index in [1.165, 1.54) is 11.6 Å². The molecule has 3 aromatic rings. The van der Waals surface area contributed by atoms with Crippen LogP contribution in [0.5, 0.6) is 0 Å². The molecule has 1 fully saturated rings. The van der Waals surface area contributed by atoms with Crippen molar-refractivity contribution in [2.24, 2.45) is 0 Å². The van der Waals surface area contributed by atoms with Crippen LogP contribution in [0.1, 0.15) is 15.9 Å². The topological polar surface area (TPSA) is 48.5 Å². The molecule has 0 unspecified atom stereocenters. The molecule has 1 aromatic heterocycles. The highest BCUT2D eigenvalue weighted by Gasteiger charge is 2.19. The molecule has 1 amide bonds. The van der Waals surface area contributed by atoms with E-state index in [-0.39, 0.29) is 11.6 Å². The first-order valence-electron chi connectivity index (χ1n) is 9.72. The summed E-state index contributed by atoms with van der Waals surface area (Å²) in [5.74, 6) is -0.0309. The van der Waals surface area contributed by atoms with Crippen molar-refractivity contribution in [3.05, 3.63) is 89.9 Å². The fourth-order valence-electron chi connectivity index (χ4n) is 3.47. The molecule has 29 heavy (non-hydrogen) atoms. The predicted octanol–water partition coefficient (Wildman–Crippen LogP) is 3.80. The number of amides is 1. The standard InChI is InChI=1S/C23H23FN4O/c24-20-8-4-5-9-21(20)26-23(29)19-10-11-25-22(16-19)28-14-12-27(13-15-28)17-18-6-2-1-3-7-18/h1-11,16H,12-15,17H2,(H,26,29). The molecule has 2 aromatic carbocycles. The Morgan fingerprint density at radius 2 is 1.69 bits per heavy atom. The molecule has 148 valence electrons. The summed E-state index contributed by atoms with van der Waals surface area (Å²) in [6.07, 6.45) is 1.63. The highest BCUT2D eigenvalue weighted by Crippen LogP contribution is 2.18. The van der Waals surface area contributed by atoms with E-state index in [9.17, 15) is 9.18 Å². The monoisotopic (exact) mass is 390 g/mol. The normalized spacial score (nSPS) is 14.6. The van der Waals surface area contributed by atoms with Crippen molar-refractivity contribution >= 4 is 17.4 Å². The van der Waals surface area contributed by atoms with Gasteiger partial charge in [-0.15, -0.1) is 0 Å². The summed E-state index contributed by atoms with van der Waals surface area (Å²) < 4.78 is 13.8. The van der Waals surface area contributed by atoms with Crippen molar-refractivity contribution in [1.29, 1.82) is 0 Å². The van der Waals surface area contributed by atoms with Gasteiger partial charge < -0.3 is 10.2 Å². The summed E-state index contributed by atoms with van der Waals surface area (Å²) in [4.78, 5) is 21.6. The molecule has 0 spiro atoms. The van der Waals surface area contributed by atoms with Crippen LogP contribution in [0.25, 0.3) is 0 Å². The molecule has 1 saturated heterocycles. The molecule has 6 heteroatoms. The van der Waals surface area contributed by atoms with Gasteiger partial charge >= 0.3 is 0 Å². The minimum atomic E-state index is -0.454. The number of carbonyl (C=O) groups is 1. The van der Waals surface area contributed by atoms with Crippen LogP contribution in [-0.4, -0.2) is 42.0 Å². The fraction of sp³-hybridized carbons (Fsp3) is 0.217. The number of hydrogen-bond donors (Lipinski definition) is 1. The van der Waals surface area contributed by atoms with E-state index in [1.54, 1.807) is 36.5 Å². The zero-order chi connectivity index (χ0) is 20.1. The van der Waals surface area contributed by atoms with E-state index in [2.05, 4.69) is 44.4 Å². The van der Waals surface area contributed by atoms with E-state index >= 15 is 0 Å². The molecule has 0 bridgehead atoms. The molecular weight excluding hydrogens is 367 g/mol. The summed E-state index contributed by atoms with van der Waals surface area (Å²) in [5.41, 5.74) is 1.95. The van der Waals surface area contributed by atoms with Crippen LogP contribution >= 0.6 is 0 Å². The van der Waals surface area contributed by atoms with Gasteiger partial charge in [0.15, 0.2) is 0 Å². The number of pyridine rings is 1. The first-order chi connectivity index (χ1) is 14.2. The van der Waals surface area contributed by atoms with E-state index in [0.717, 1.165) is 38.5 Å². The van der Waals surface area contributed by atoms with Gasteiger partial charge in [-0.25, -0.2) is 9.37 Å². The van der Waals surface area contributed by atoms with Crippen molar-refractivity contribution in [3.8, 4) is 0 Å². The SMILES string of the molecule is O=C(Nc1ccccc1F)c1ccnc(N2CCN(Cc3ccccc3)CC2)c1. The Labute approximate surface area is 169 Å². The number of carbonyl (C=O) groups excluding carboxylic acids is 1. The van der Waals surface area contributed by atoms with Crippen LogP contribution in [0.2, 0.25) is 0 Å². The van der Waals surface area contributed by atoms with E-state index < -0.39 is 5.82 Å². The average molecular weight is 390 g/mol. The molecule has 5 nitrogen and oxygen atoms in total. The quantitative estimate of drug-likeness (QED) is 0.720. The van der Waals surface area contributed by atoms with Crippen LogP contribution in [0.4, 0.5) is 15.9 Å². The lowest BCUT2D eigenvalue weighted by atomic mass is 10.2. The molecule has 4 rings (SSSR count). The molecule has 0 radical (unpaired) electrons. The highest BCUT2D eigenvalue weighted by atomic mass is 19.1. The first kappa shape index (κ1) is 19.1. The van der Waals surface area contributed by atoms with Crippen molar-refractivity contribution in [3.63, 3.8) is 0 Å². The summed E-state index contributed by atoms with van der Waals surface area (Å²) >= 11 is 0. The maximum atomic E-state index is 13.8. The molecule has 2 heterocycles. The third-order valence-corrected chi connectivity index (χ3v) is 5.08. The number of nitrogens with zero attached hydrogens (tertiary/aromatic N) is 3. The number of rotatable bonds is 5. The van der Waals surface area contributed by atoms with Gasteiger partial charge in [0.05, 0.1) is 5.69 Å². The van der Waals surface area contributed by atoms with Crippen molar-refractivity contribution in [1.82, 2.24) is 9.88 Å². The number of aromatic nitrogens is 1. The van der Waals surface area contributed by atoms with Gasteiger partial charge in [-0.05, 0) is 29.8 Å². The largest absolute Gasteiger partial charge is 0.354 e. The van der Waals surface area contributed by atoms with Crippen LogP contribution in [0, 0.1) is 5.82 Å². The number of halogens is 1. The third kappa shape index (κ3) is 4.78. The van der Waals surface area contributed by atoms with Crippen molar-refractivity contribution < 1.29 is 9.18 Å². The van der Waals surface area contributed by atoms with Crippen molar-refractivity contribution in [2.45, 2.75) is 6.54 Å². The number of nitrogens with one attached hydrogen (secondary N) is 1. The minimum Gasteiger partial charge on any atom is -0.354 e. The predicted molar refractivity (Wildman–Crippen MR) is 113 cm³/mol. The maximum absolute atomic E-state index is 13.8. The van der Waals surface area contributed by atoms with Crippen molar-refractivity contribution in [2.75, 3.05) is 36.4 Å². The summed E-state index contributed by atoms with van der Waals surface area (Å²) in [6, 6.07) is 20.0.